The van der Waals surface area contributed by atoms with Crippen molar-refractivity contribution in [2.45, 2.75) is 19.5 Å². The van der Waals surface area contributed by atoms with Gasteiger partial charge in [-0.3, -0.25) is 4.68 Å². The first kappa shape index (κ1) is 13.3. The van der Waals surface area contributed by atoms with Crippen LogP contribution in [0.3, 0.4) is 0 Å². The molecule has 2 rings (SSSR count). The van der Waals surface area contributed by atoms with Crippen LogP contribution in [0.2, 0.25) is 0 Å². The first-order valence-electron chi connectivity index (χ1n) is 5.73. The summed E-state index contributed by atoms with van der Waals surface area (Å²) in [7, 11) is 1.55. The molecule has 7 heteroatoms. The fraction of sp³-hybridized carbons (Fsp3) is 0.333. The molecule has 5 nitrogen and oxygen atoms in total. The van der Waals surface area contributed by atoms with Gasteiger partial charge >= 0.3 is 0 Å². The molecule has 2 aromatic rings. The molecule has 2 heterocycles. The first-order chi connectivity index (χ1) is 9.17. The Morgan fingerprint density at radius 3 is 2.95 bits per heavy atom. The van der Waals surface area contributed by atoms with Crippen molar-refractivity contribution in [2.24, 2.45) is 0 Å². The SMILES string of the molecule is COc1cccc(CNc2ccn(CC(F)F)n2)n1. The molecule has 0 aliphatic heterocycles. The number of hydrogen-bond acceptors (Lipinski definition) is 4. The van der Waals surface area contributed by atoms with Gasteiger partial charge in [-0.25, -0.2) is 13.8 Å². The summed E-state index contributed by atoms with van der Waals surface area (Å²) in [6.07, 6.45) is -0.902. The molecular formula is C12H14F2N4O. The molecule has 1 N–H and O–H groups in total. The second-order valence-electron chi connectivity index (χ2n) is 3.84. The number of alkyl halides is 2. The summed E-state index contributed by atoms with van der Waals surface area (Å²) in [6.45, 7) is 0.0436. The third kappa shape index (κ3) is 3.90. The van der Waals surface area contributed by atoms with Crippen molar-refractivity contribution in [3.05, 3.63) is 36.2 Å². The van der Waals surface area contributed by atoms with Crippen LogP contribution in [0.5, 0.6) is 5.88 Å². The Bertz CT molecular complexity index is 530. The molecule has 19 heavy (non-hydrogen) atoms. The molecule has 2 aromatic heterocycles. The van der Waals surface area contributed by atoms with Crippen LogP contribution in [0.1, 0.15) is 5.69 Å². The Labute approximate surface area is 109 Å². The minimum absolute atomic E-state index is 0.404. The number of nitrogens with zero attached hydrogens (tertiary/aromatic N) is 3. The summed E-state index contributed by atoms with van der Waals surface area (Å²) in [6, 6.07) is 7.06. The van der Waals surface area contributed by atoms with Crippen molar-refractivity contribution in [1.29, 1.82) is 0 Å². The van der Waals surface area contributed by atoms with Gasteiger partial charge in [0.15, 0.2) is 0 Å². The van der Waals surface area contributed by atoms with Crippen LogP contribution in [0, 0.1) is 0 Å². The zero-order valence-electron chi connectivity index (χ0n) is 10.4. The van der Waals surface area contributed by atoms with E-state index in [2.05, 4.69) is 15.4 Å². The number of aromatic nitrogens is 3. The summed E-state index contributed by atoms with van der Waals surface area (Å²) < 4.78 is 30.5. The highest BCUT2D eigenvalue weighted by Gasteiger charge is 2.06. The number of nitrogens with one attached hydrogen (secondary N) is 1. The molecule has 0 unspecified atom stereocenters. The molecule has 0 saturated heterocycles. The third-order valence-electron chi connectivity index (χ3n) is 2.41. The number of rotatable bonds is 6. The van der Waals surface area contributed by atoms with E-state index in [1.807, 2.05) is 12.1 Å². The largest absolute Gasteiger partial charge is 0.481 e. The van der Waals surface area contributed by atoms with Gasteiger partial charge in [0.1, 0.15) is 12.4 Å². The quantitative estimate of drug-likeness (QED) is 0.872. The summed E-state index contributed by atoms with van der Waals surface area (Å²) >= 11 is 0. The lowest BCUT2D eigenvalue weighted by Crippen LogP contribution is -2.08. The van der Waals surface area contributed by atoms with E-state index >= 15 is 0 Å². The van der Waals surface area contributed by atoms with Gasteiger partial charge in [0.2, 0.25) is 5.88 Å². The van der Waals surface area contributed by atoms with Gasteiger partial charge in [0.05, 0.1) is 19.3 Å². The van der Waals surface area contributed by atoms with Crippen molar-refractivity contribution in [2.75, 3.05) is 12.4 Å². The number of hydrogen-bond donors (Lipinski definition) is 1. The molecule has 0 atom stereocenters. The van der Waals surface area contributed by atoms with Crippen molar-refractivity contribution in [3.63, 3.8) is 0 Å². The van der Waals surface area contributed by atoms with Gasteiger partial charge in [0, 0.05) is 18.3 Å². The predicted molar refractivity (Wildman–Crippen MR) is 66.3 cm³/mol. The lowest BCUT2D eigenvalue weighted by atomic mass is 10.3. The van der Waals surface area contributed by atoms with E-state index in [9.17, 15) is 8.78 Å². The van der Waals surface area contributed by atoms with Crippen LogP contribution >= 0.6 is 0 Å². The van der Waals surface area contributed by atoms with E-state index < -0.39 is 13.0 Å². The van der Waals surface area contributed by atoms with Crippen LogP contribution < -0.4 is 10.1 Å². The molecule has 0 fully saturated rings. The maximum Gasteiger partial charge on any atom is 0.257 e. The Balaban J connectivity index is 1.92. The van der Waals surface area contributed by atoms with E-state index in [1.165, 1.54) is 10.9 Å². The summed E-state index contributed by atoms with van der Waals surface area (Å²) in [5.74, 6) is 1.06. The smallest absolute Gasteiger partial charge is 0.257 e. The minimum atomic E-state index is -2.41. The molecule has 0 spiro atoms. The van der Waals surface area contributed by atoms with Crippen molar-refractivity contribution < 1.29 is 13.5 Å². The fourth-order valence-corrected chi connectivity index (χ4v) is 1.55. The molecule has 0 aromatic carbocycles. The van der Waals surface area contributed by atoms with Crippen molar-refractivity contribution >= 4 is 5.82 Å². The Kier molecular flexibility index (Phi) is 4.27. The van der Waals surface area contributed by atoms with Crippen molar-refractivity contribution in [1.82, 2.24) is 14.8 Å². The van der Waals surface area contributed by atoms with E-state index in [0.717, 1.165) is 5.69 Å². The second-order valence-corrected chi connectivity index (χ2v) is 3.84. The predicted octanol–water partition coefficient (Wildman–Crippen LogP) is 2.16. The van der Waals surface area contributed by atoms with Gasteiger partial charge < -0.3 is 10.1 Å². The van der Waals surface area contributed by atoms with Crippen LogP contribution in [-0.2, 0) is 13.1 Å². The standard InChI is InChI=1S/C12H14F2N4O/c1-19-12-4-2-3-9(16-12)7-15-11-5-6-18(17-11)8-10(13)14/h2-6,10H,7-8H2,1H3,(H,15,17). The topological polar surface area (TPSA) is 52.0 Å². The summed E-state index contributed by atoms with van der Waals surface area (Å²) in [4.78, 5) is 4.22. The van der Waals surface area contributed by atoms with Crippen molar-refractivity contribution in [3.8, 4) is 5.88 Å². The van der Waals surface area contributed by atoms with E-state index in [4.69, 9.17) is 4.74 Å². The van der Waals surface area contributed by atoms with E-state index in [-0.39, 0.29) is 0 Å². The summed E-state index contributed by atoms with van der Waals surface area (Å²) in [5, 5.41) is 6.99. The van der Waals surface area contributed by atoms with Gasteiger partial charge in [-0.15, -0.1) is 0 Å². The molecule has 0 saturated carbocycles. The van der Waals surface area contributed by atoms with Gasteiger partial charge in [-0.05, 0) is 6.07 Å². The number of halogens is 2. The molecular weight excluding hydrogens is 254 g/mol. The maximum absolute atomic E-state index is 12.2. The highest BCUT2D eigenvalue weighted by Crippen LogP contribution is 2.09. The zero-order chi connectivity index (χ0) is 13.7. The zero-order valence-corrected chi connectivity index (χ0v) is 10.4. The van der Waals surface area contributed by atoms with E-state index in [0.29, 0.717) is 18.2 Å². The average molecular weight is 268 g/mol. The summed E-state index contributed by atoms with van der Waals surface area (Å²) in [5.41, 5.74) is 0.780. The normalized spacial score (nSPS) is 10.7. The van der Waals surface area contributed by atoms with Gasteiger partial charge in [-0.2, -0.15) is 5.10 Å². The Morgan fingerprint density at radius 2 is 2.21 bits per heavy atom. The molecule has 0 radical (unpaired) electrons. The molecule has 0 aliphatic carbocycles. The number of ether oxygens (including phenoxy) is 1. The number of anilines is 1. The lowest BCUT2D eigenvalue weighted by Gasteiger charge is -2.04. The minimum Gasteiger partial charge on any atom is -0.481 e. The highest BCUT2D eigenvalue weighted by atomic mass is 19.3. The number of pyridine rings is 1. The van der Waals surface area contributed by atoms with Crippen LogP contribution in [0.4, 0.5) is 14.6 Å². The van der Waals surface area contributed by atoms with Crippen LogP contribution in [-0.4, -0.2) is 28.3 Å². The second kappa shape index (κ2) is 6.12. The Hall–Kier alpha value is -2.18. The maximum atomic E-state index is 12.2. The first-order valence-corrected chi connectivity index (χ1v) is 5.73. The third-order valence-corrected chi connectivity index (χ3v) is 2.41. The number of methoxy groups -OCH3 is 1. The monoisotopic (exact) mass is 268 g/mol. The van der Waals surface area contributed by atoms with Gasteiger partial charge in [0.25, 0.3) is 6.43 Å². The molecule has 0 amide bonds. The van der Waals surface area contributed by atoms with Crippen LogP contribution in [0.15, 0.2) is 30.5 Å². The van der Waals surface area contributed by atoms with E-state index in [1.54, 1.807) is 19.2 Å². The Morgan fingerprint density at radius 1 is 1.37 bits per heavy atom. The molecule has 0 bridgehead atoms. The lowest BCUT2D eigenvalue weighted by molar-refractivity contribution is 0.122. The fourth-order valence-electron chi connectivity index (χ4n) is 1.55. The highest BCUT2D eigenvalue weighted by molar-refractivity contribution is 5.33. The average Bonchev–Trinajstić information content (AvgIpc) is 2.83. The van der Waals surface area contributed by atoms with Crippen LogP contribution in [0.25, 0.3) is 0 Å². The molecule has 102 valence electrons. The molecule has 0 aliphatic rings. The van der Waals surface area contributed by atoms with Gasteiger partial charge in [-0.1, -0.05) is 6.07 Å².